The molecule has 0 N–H and O–H groups in total. The van der Waals surface area contributed by atoms with Crippen LogP contribution in [0.5, 0.6) is 0 Å². The van der Waals surface area contributed by atoms with E-state index in [0.29, 0.717) is 11.8 Å². The van der Waals surface area contributed by atoms with Crippen LogP contribution in [-0.2, 0) is 26.2 Å². The fourth-order valence-electron chi connectivity index (χ4n) is 4.23. The third kappa shape index (κ3) is 6.82. The van der Waals surface area contributed by atoms with E-state index in [1.54, 1.807) is 22.3 Å². The summed E-state index contributed by atoms with van der Waals surface area (Å²) in [5.41, 5.74) is 6.58. The van der Waals surface area contributed by atoms with Crippen LogP contribution in [0.1, 0.15) is 78.1 Å². The van der Waals surface area contributed by atoms with E-state index >= 15 is 0 Å². The van der Waals surface area contributed by atoms with Gasteiger partial charge in [0.2, 0.25) is 0 Å². The quantitative estimate of drug-likeness (QED) is 0.467. The summed E-state index contributed by atoms with van der Waals surface area (Å²) in [5.74, 6) is 1.26. The average molecular weight is 457 g/mol. The maximum absolute atomic E-state index is 3.39. The molecule has 0 radical (unpaired) electrons. The second-order valence-electron chi connectivity index (χ2n) is 7.29. The van der Waals surface area contributed by atoms with Crippen molar-refractivity contribution in [3.63, 3.8) is 0 Å². The Bertz CT molecular complexity index is 480. The predicted octanol–water partition coefficient (Wildman–Crippen LogP) is 0.518. The van der Waals surface area contributed by atoms with Crippen molar-refractivity contribution >= 4 is 0 Å². The largest absolute Gasteiger partial charge is 4.00 e. The Labute approximate surface area is 186 Å². The Balaban J connectivity index is 0.000000411. The Kier molecular flexibility index (Phi) is 13.0. The molecular formula is C22H30Cl2Zr. The van der Waals surface area contributed by atoms with Crippen molar-refractivity contribution in [2.75, 3.05) is 0 Å². The molecule has 0 heterocycles. The van der Waals surface area contributed by atoms with Crippen molar-refractivity contribution in [2.24, 2.45) is 11.8 Å². The van der Waals surface area contributed by atoms with E-state index in [1.807, 2.05) is 0 Å². The van der Waals surface area contributed by atoms with Crippen LogP contribution in [0.4, 0.5) is 0 Å². The average Bonchev–Trinajstić information content (AvgIpc) is 2.88. The third-order valence-electron chi connectivity index (χ3n) is 5.67. The van der Waals surface area contributed by atoms with Crippen molar-refractivity contribution in [1.82, 2.24) is 0 Å². The van der Waals surface area contributed by atoms with Crippen LogP contribution in [0.2, 0.25) is 0 Å². The van der Waals surface area contributed by atoms with Gasteiger partial charge >= 0.3 is 26.2 Å². The van der Waals surface area contributed by atoms with E-state index in [4.69, 9.17) is 0 Å². The molecule has 0 fully saturated rings. The first-order valence-corrected chi connectivity index (χ1v) is 9.38. The van der Waals surface area contributed by atoms with Gasteiger partial charge in [-0.1, -0.05) is 77.0 Å². The molecule has 4 aliphatic carbocycles. The van der Waals surface area contributed by atoms with Crippen molar-refractivity contribution < 1.29 is 51.0 Å². The summed E-state index contributed by atoms with van der Waals surface area (Å²) in [6.45, 7) is 4.54. The SMILES string of the molecule is CC1[C-]=CC2=C1CCCCC2.CC1[C-]=CC2=C1CCCCC2.[Cl-].[Cl-].[Zr+4]. The number of hydrogen-bond donors (Lipinski definition) is 0. The van der Waals surface area contributed by atoms with Gasteiger partial charge in [0, 0.05) is 0 Å². The van der Waals surface area contributed by atoms with Crippen LogP contribution in [0.25, 0.3) is 0 Å². The summed E-state index contributed by atoms with van der Waals surface area (Å²) in [6.07, 6.45) is 25.0. The molecular weight excluding hydrogens is 426 g/mol. The Morgan fingerprint density at radius 1 is 0.640 bits per heavy atom. The summed E-state index contributed by atoms with van der Waals surface area (Å²) in [7, 11) is 0. The molecule has 0 spiro atoms. The summed E-state index contributed by atoms with van der Waals surface area (Å²) in [5, 5.41) is 0. The van der Waals surface area contributed by atoms with Gasteiger partial charge in [-0.25, -0.2) is 12.2 Å². The molecule has 0 amide bonds. The number of allylic oxidation sites excluding steroid dienone is 8. The molecule has 25 heavy (non-hydrogen) atoms. The molecule has 4 rings (SSSR count). The molecule has 0 saturated heterocycles. The van der Waals surface area contributed by atoms with Crippen LogP contribution in [0.3, 0.4) is 0 Å². The maximum Gasteiger partial charge on any atom is 4.00 e. The molecule has 2 atom stereocenters. The molecule has 0 aromatic carbocycles. The molecule has 0 saturated carbocycles. The molecule has 0 nitrogen and oxygen atoms in total. The minimum Gasteiger partial charge on any atom is -1.00 e. The minimum atomic E-state index is 0. The second kappa shape index (κ2) is 12.7. The van der Waals surface area contributed by atoms with Gasteiger partial charge in [-0.15, -0.1) is 0 Å². The van der Waals surface area contributed by atoms with E-state index in [-0.39, 0.29) is 51.0 Å². The van der Waals surface area contributed by atoms with Gasteiger partial charge in [0.05, 0.1) is 0 Å². The van der Waals surface area contributed by atoms with Gasteiger partial charge < -0.3 is 24.8 Å². The van der Waals surface area contributed by atoms with Crippen molar-refractivity contribution in [3.8, 4) is 0 Å². The van der Waals surface area contributed by atoms with Crippen LogP contribution in [0.15, 0.2) is 34.4 Å². The van der Waals surface area contributed by atoms with E-state index in [9.17, 15) is 0 Å². The summed E-state index contributed by atoms with van der Waals surface area (Å²) >= 11 is 0. The van der Waals surface area contributed by atoms with E-state index in [1.165, 1.54) is 64.2 Å². The second-order valence-corrected chi connectivity index (χ2v) is 7.29. The molecule has 0 aliphatic heterocycles. The van der Waals surface area contributed by atoms with Crippen LogP contribution < -0.4 is 24.8 Å². The fourth-order valence-corrected chi connectivity index (χ4v) is 4.23. The fraction of sp³-hybridized carbons (Fsp3) is 0.636. The van der Waals surface area contributed by atoms with Crippen molar-refractivity contribution in [3.05, 3.63) is 46.6 Å². The molecule has 0 aromatic heterocycles. The standard InChI is InChI=1S/2C11H15.2ClH.Zr/c2*1-9-7-8-10-5-3-2-4-6-11(9)10;;;/h2*8-9H,2-6H2,1H3;2*1H;/q2*-1;;;+4/p-2. The Morgan fingerprint density at radius 2 is 1.00 bits per heavy atom. The van der Waals surface area contributed by atoms with E-state index in [0.717, 1.165) is 0 Å². The number of rotatable bonds is 0. The summed E-state index contributed by atoms with van der Waals surface area (Å²) < 4.78 is 0. The third-order valence-corrected chi connectivity index (χ3v) is 5.67. The first-order chi connectivity index (χ1) is 10.8. The minimum absolute atomic E-state index is 0. The zero-order valence-electron chi connectivity index (χ0n) is 15.6. The summed E-state index contributed by atoms with van der Waals surface area (Å²) in [6, 6.07) is 0. The van der Waals surface area contributed by atoms with Gasteiger partial charge in [-0.3, -0.25) is 12.2 Å². The van der Waals surface area contributed by atoms with Crippen molar-refractivity contribution in [2.45, 2.75) is 78.1 Å². The normalized spacial score (nSPS) is 26.8. The Morgan fingerprint density at radius 3 is 1.40 bits per heavy atom. The molecule has 2 unspecified atom stereocenters. The molecule has 0 bridgehead atoms. The maximum atomic E-state index is 3.39. The predicted molar refractivity (Wildman–Crippen MR) is 94.2 cm³/mol. The monoisotopic (exact) mass is 454 g/mol. The first kappa shape index (κ1) is 25.4. The first-order valence-electron chi connectivity index (χ1n) is 9.38. The molecule has 4 aliphatic rings. The van der Waals surface area contributed by atoms with Gasteiger partial charge in [0.15, 0.2) is 0 Å². The molecule has 0 aromatic rings. The number of halogens is 2. The van der Waals surface area contributed by atoms with Gasteiger partial charge in [-0.2, -0.15) is 22.3 Å². The van der Waals surface area contributed by atoms with Gasteiger partial charge in [0.25, 0.3) is 0 Å². The molecule has 3 heteroatoms. The zero-order chi connectivity index (χ0) is 15.4. The molecule has 136 valence electrons. The topological polar surface area (TPSA) is 0 Å². The van der Waals surface area contributed by atoms with E-state index < -0.39 is 0 Å². The van der Waals surface area contributed by atoms with Crippen LogP contribution in [-0.4, -0.2) is 0 Å². The van der Waals surface area contributed by atoms with Gasteiger partial charge in [0.1, 0.15) is 0 Å². The van der Waals surface area contributed by atoms with Crippen molar-refractivity contribution in [1.29, 1.82) is 0 Å². The van der Waals surface area contributed by atoms with Gasteiger partial charge in [-0.05, 0) is 12.8 Å². The van der Waals surface area contributed by atoms with Crippen LogP contribution in [0, 0.1) is 24.0 Å². The zero-order valence-corrected chi connectivity index (χ0v) is 19.6. The Hall–Kier alpha value is 0.423. The van der Waals surface area contributed by atoms with Crippen LogP contribution >= 0.6 is 0 Å². The number of hydrogen-bond acceptors (Lipinski definition) is 0. The summed E-state index contributed by atoms with van der Waals surface area (Å²) in [4.78, 5) is 0. The van der Waals surface area contributed by atoms with E-state index in [2.05, 4.69) is 38.2 Å². The smallest absolute Gasteiger partial charge is 1.00 e.